The van der Waals surface area contributed by atoms with Crippen LogP contribution in [0.15, 0.2) is 23.1 Å². The van der Waals surface area contributed by atoms with Gasteiger partial charge >= 0.3 is 0 Å². The summed E-state index contributed by atoms with van der Waals surface area (Å²) in [7, 11) is 3.24. The standard InChI is InChI=1S/C14H20ClNO3S/c1-10(2)7-8-16(4)14(17)12-6-5-11(3)13(9-12)20(15,18)19/h5-6,9-10H,7-8H2,1-4H3. The molecule has 0 atom stereocenters. The smallest absolute Gasteiger partial charge is 0.261 e. The van der Waals surface area contributed by atoms with Crippen molar-refractivity contribution >= 4 is 25.6 Å². The number of hydrogen-bond acceptors (Lipinski definition) is 3. The molecule has 1 rings (SSSR count). The molecule has 0 aliphatic heterocycles. The second-order valence-electron chi connectivity index (χ2n) is 5.33. The molecule has 6 heteroatoms. The highest BCUT2D eigenvalue weighted by atomic mass is 35.7. The van der Waals surface area contributed by atoms with Crippen molar-refractivity contribution in [1.29, 1.82) is 0 Å². The summed E-state index contributed by atoms with van der Waals surface area (Å²) in [6.45, 7) is 6.45. The van der Waals surface area contributed by atoms with E-state index >= 15 is 0 Å². The van der Waals surface area contributed by atoms with Crippen LogP contribution >= 0.6 is 10.7 Å². The molecule has 0 heterocycles. The van der Waals surface area contributed by atoms with E-state index in [0.717, 1.165) is 6.42 Å². The van der Waals surface area contributed by atoms with Gasteiger partial charge in [0.15, 0.2) is 0 Å². The summed E-state index contributed by atoms with van der Waals surface area (Å²) in [6, 6.07) is 4.56. The van der Waals surface area contributed by atoms with Gasteiger partial charge in [0.1, 0.15) is 0 Å². The van der Waals surface area contributed by atoms with Crippen molar-refractivity contribution in [2.24, 2.45) is 5.92 Å². The van der Waals surface area contributed by atoms with E-state index in [1.807, 2.05) is 0 Å². The highest BCUT2D eigenvalue weighted by Gasteiger charge is 2.18. The van der Waals surface area contributed by atoms with Gasteiger partial charge in [-0.05, 0) is 37.0 Å². The Hall–Kier alpha value is -1.07. The molecule has 0 aliphatic carbocycles. The minimum absolute atomic E-state index is 0.0118. The number of nitrogens with zero attached hydrogens (tertiary/aromatic N) is 1. The number of halogens is 1. The molecular formula is C14H20ClNO3S. The predicted octanol–water partition coefficient (Wildman–Crippen LogP) is 3.04. The van der Waals surface area contributed by atoms with E-state index in [9.17, 15) is 13.2 Å². The van der Waals surface area contributed by atoms with E-state index in [4.69, 9.17) is 10.7 Å². The molecule has 4 nitrogen and oxygen atoms in total. The molecule has 0 aliphatic rings. The minimum Gasteiger partial charge on any atom is -0.342 e. The fraction of sp³-hybridized carbons (Fsp3) is 0.500. The highest BCUT2D eigenvalue weighted by molar-refractivity contribution is 8.13. The van der Waals surface area contributed by atoms with Crippen molar-refractivity contribution in [2.45, 2.75) is 32.1 Å². The topological polar surface area (TPSA) is 54.5 Å². The summed E-state index contributed by atoms with van der Waals surface area (Å²) < 4.78 is 22.9. The average molecular weight is 318 g/mol. The largest absolute Gasteiger partial charge is 0.342 e. The Kier molecular flexibility index (Phi) is 5.59. The first-order valence-corrected chi connectivity index (χ1v) is 8.74. The Balaban J connectivity index is 3.00. The van der Waals surface area contributed by atoms with Gasteiger partial charge in [0.2, 0.25) is 0 Å². The molecule has 0 radical (unpaired) electrons. The monoisotopic (exact) mass is 317 g/mol. The third-order valence-corrected chi connectivity index (χ3v) is 4.55. The van der Waals surface area contributed by atoms with Gasteiger partial charge in [-0.3, -0.25) is 4.79 Å². The van der Waals surface area contributed by atoms with Gasteiger partial charge in [0.05, 0.1) is 4.90 Å². The third kappa shape index (κ3) is 4.49. The molecule has 0 unspecified atom stereocenters. The molecule has 1 aromatic carbocycles. The predicted molar refractivity (Wildman–Crippen MR) is 80.6 cm³/mol. The number of aryl methyl sites for hydroxylation is 1. The molecule has 0 aromatic heterocycles. The van der Waals surface area contributed by atoms with Gasteiger partial charge in [-0.1, -0.05) is 19.9 Å². The molecule has 1 aromatic rings. The average Bonchev–Trinajstić information content (AvgIpc) is 2.34. The molecule has 0 spiro atoms. The van der Waals surface area contributed by atoms with E-state index in [-0.39, 0.29) is 10.8 Å². The van der Waals surface area contributed by atoms with E-state index in [0.29, 0.717) is 23.6 Å². The van der Waals surface area contributed by atoms with Crippen LogP contribution in [0, 0.1) is 12.8 Å². The van der Waals surface area contributed by atoms with Crippen molar-refractivity contribution in [3.05, 3.63) is 29.3 Å². The Bertz CT molecular complexity index is 596. The zero-order chi connectivity index (χ0) is 15.5. The summed E-state index contributed by atoms with van der Waals surface area (Å²) in [4.78, 5) is 13.8. The zero-order valence-corrected chi connectivity index (χ0v) is 13.8. The second-order valence-corrected chi connectivity index (χ2v) is 7.86. The van der Waals surface area contributed by atoms with E-state index < -0.39 is 9.05 Å². The molecule has 0 saturated heterocycles. The summed E-state index contributed by atoms with van der Waals surface area (Å²) in [5.74, 6) is 0.300. The lowest BCUT2D eigenvalue weighted by atomic mass is 10.1. The van der Waals surface area contributed by atoms with Crippen LogP contribution in [0.5, 0.6) is 0 Å². The molecular weight excluding hydrogens is 298 g/mol. The Morgan fingerprint density at radius 3 is 2.45 bits per heavy atom. The maximum Gasteiger partial charge on any atom is 0.261 e. The lowest BCUT2D eigenvalue weighted by Gasteiger charge is -2.18. The minimum atomic E-state index is -3.84. The molecule has 20 heavy (non-hydrogen) atoms. The van der Waals surface area contributed by atoms with Crippen LogP contribution in [-0.4, -0.2) is 32.8 Å². The van der Waals surface area contributed by atoms with E-state index in [1.165, 1.54) is 6.07 Å². The maximum absolute atomic E-state index is 12.2. The van der Waals surface area contributed by atoms with E-state index in [2.05, 4.69) is 13.8 Å². The van der Waals surface area contributed by atoms with Gasteiger partial charge in [-0.15, -0.1) is 0 Å². The number of rotatable bonds is 5. The summed E-state index contributed by atoms with van der Waals surface area (Å²) in [5.41, 5.74) is 0.863. The SMILES string of the molecule is Cc1ccc(C(=O)N(C)CCC(C)C)cc1S(=O)(=O)Cl. The Morgan fingerprint density at radius 2 is 1.95 bits per heavy atom. The quantitative estimate of drug-likeness (QED) is 0.784. The van der Waals surface area contributed by atoms with Crippen LogP contribution in [0.4, 0.5) is 0 Å². The van der Waals surface area contributed by atoms with Crippen molar-refractivity contribution in [3.63, 3.8) is 0 Å². The van der Waals surface area contributed by atoms with Crippen molar-refractivity contribution < 1.29 is 13.2 Å². The number of hydrogen-bond donors (Lipinski definition) is 0. The fourth-order valence-electron chi connectivity index (χ4n) is 1.77. The van der Waals surface area contributed by atoms with Gasteiger partial charge in [-0.2, -0.15) is 0 Å². The van der Waals surface area contributed by atoms with Crippen LogP contribution in [0.2, 0.25) is 0 Å². The Labute approximate surface area is 125 Å². The highest BCUT2D eigenvalue weighted by Crippen LogP contribution is 2.21. The van der Waals surface area contributed by atoms with E-state index in [1.54, 1.807) is 31.0 Å². The normalized spacial score (nSPS) is 11.7. The summed E-state index contributed by atoms with van der Waals surface area (Å²) in [5, 5.41) is 0. The van der Waals surface area contributed by atoms with Crippen molar-refractivity contribution in [2.75, 3.05) is 13.6 Å². The van der Waals surface area contributed by atoms with Crippen LogP contribution in [0.3, 0.4) is 0 Å². The lowest BCUT2D eigenvalue weighted by Crippen LogP contribution is -2.28. The molecule has 0 saturated carbocycles. The first-order chi connectivity index (χ1) is 9.12. The van der Waals surface area contributed by atoms with Gasteiger partial charge in [-0.25, -0.2) is 8.42 Å². The molecule has 112 valence electrons. The lowest BCUT2D eigenvalue weighted by molar-refractivity contribution is 0.0789. The zero-order valence-electron chi connectivity index (χ0n) is 12.2. The van der Waals surface area contributed by atoms with Crippen LogP contribution in [0.1, 0.15) is 36.2 Å². The van der Waals surface area contributed by atoms with Crippen molar-refractivity contribution in [3.8, 4) is 0 Å². The van der Waals surface area contributed by atoms with Crippen LogP contribution in [-0.2, 0) is 9.05 Å². The summed E-state index contributed by atoms with van der Waals surface area (Å²) in [6.07, 6.45) is 0.898. The second kappa shape index (κ2) is 6.59. The number of benzene rings is 1. The van der Waals surface area contributed by atoms with Crippen molar-refractivity contribution in [1.82, 2.24) is 4.90 Å². The van der Waals surface area contributed by atoms with Gasteiger partial charge in [0.25, 0.3) is 15.0 Å². The molecule has 0 N–H and O–H groups in total. The third-order valence-electron chi connectivity index (χ3n) is 3.09. The number of amides is 1. The summed E-state index contributed by atoms with van der Waals surface area (Å²) >= 11 is 0. The first kappa shape index (κ1) is 17.0. The van der Waals surface area contributed by atoms with Gasteiger partial charge < -0.3 is 4.90 Å². The fourth-order valence-corrected chi connectivity index (χ4v) is 2.99. The number of carbonyl (C=O) groups is 1. The van der Waals surface area contributed by atoms with Crippen LogP contribution in [0.25, 0.3) is 0 Å². The first-order valence-electron chi connectivity index (χ1n) is 6.43. The maximum atomic E-state index is 12.2. The number of carbonyl (C=O) groups excluding carboxylic acids is 1. The molecule has 0 bridgehead atoms. The molecule has 0 fully saturated rings. The Morgan fingerprint density at radius 1 is 1.35 bits per heavy atom. The van der Waals surface area contributed by atoms with Gasteiger partial charge in [0, 0.05) is 29.8 Å². The molecule has 1 amide bonds. The van der Waals surface area contributed by atoms with Crippen LogP contribution < -0.4 is 0 Å².